The maximum Gasteiger partial charge on any atom is 0.335 e. The average Bonchev–Trinajstić information content (AvgIpc) is 3.25. The van der Waals surface area contributed by atoms with Crippen LogP contribution in [0.5, 0.6) is 0 Å². The van der Waals surface area contributed by atoms with Crippen molar-refractivity contribution in [1.29, 1.82) is 0 Å². The minimum Gasteiger partial charge on any atom is -0.479 e. The van der Waals surface area contributed by atoms with Crippen LogP contribution in [0.15, 0.2) is 11.6 Å². The van der Waals surface area contributed by atoms with Crippen molar-refractivity contribution in [3.8, 4) is 0 Å². The Morgan fingerprint density at radius 3 is 1.98 bits per heavy atom. The van der Waals surface area contributed by atoms with Crippen LogP contribution in [-0.4, -0.2) is 174 Å². The van der Waals surface area contributed by atoms with Crippen molar-refractivity contribution in [2.24, 2.45) is 50.2 Å². The second kappa shape index (κ2) is 17.5. The summed E-state index contributed by atoms with van der Waals surface area (Å²) in [4.78, 5) is 26.4. The van der Waals surface area contributed by atoms with Crippen LogP contribution >= 0.6 is 0 Å². The van der Waals surface area contributed by atoms with Gasteiger partial charge in [-0.1, -0.05) is 60.1 Å². The van der Waals surface area contributed by atoms with Gasteiger partial charge in [-0.3, -0.25) is 0 Å². The van der Waals surface area contributed by atoms with Crippen molar-refractivity contribution in [3.05, 3.63) is 11.6 Å². The number of carbonyl (C=O) groups is 2. The van der Waals surface area contributed by atoms with E-state index in [0.29, 0.717) is 19.3 Å². The van der Waals surface area contributed by atoms with E-state index in [1.54, 1.807) is 0 Å². The summed E-state index contributed by atoms with van der Waals surface area (Å²) >= 11 is 0. The predicted molar refractivity (Wildman–Crippen MR) is 230 cm³/mol. The van der Waals surface area contributed by atoms with E-state index < -0.39 is 128 Å². The molecule has 8 aliphatic rings. The van der Waals surface area contributed by atoms with Gasteiger partial charge in [-0.05, 0) is 104 Å². The molecule has 3 saturated heterocycles. The van der Waals surface area contributed by atoms with E-state index in [2.05, 4.69) is 40.7 Å². The molecular weight excluding hydrogens is 865 g/mol. The first kappa shape index (κ1) is 50.7. The Kier molecular flexibility index (Phi) is 13.5. The summed E-state index contributed by atoms with van der Waals surface area (Å²) in [5.74, 6) is -1.57. The number of allylic oxidation sites excluding steroid dienone is 2. The fourth-order valence-electron chi connectivity index (χ4n) is 14.9. The first-order chi connectivity index (χ1) is 30.7. The standard InChI is InChI=1S/C48H76O18/c1-21-29(52)31(54)35(58)40(61-21)65-37-32(55)30(53)24(19-49)62-41(37)66-38-34(57)33(56)36(39(59)60)64-42(38)63-28-12-14-48(20-50)25(44(28,4)5)11-13-47(8)26(48)10-9-22-23-17-43(2,3)18-27(51)45(23,6)15-16-46(22,47)7/h9,20-21,23-38,40-42,49,51-58H,10-19H2,1-8H3,(H,59,60). The van der Waals surface area contributed by atoms with Crippen molar-refractivity contribution in [2.75, 3.05) is 6.61 Å². The molecule has 376 valence electrons. The third kappa shape index (κ3) is 7.70. The number of ether oxygens (including phenoxy) is 6. The first-order valence-corrected chi connectivity index (χ1v) is 24.1. The second-order valence-corrected chi connectivity index (χ2v) is 23.5. The van der Waals surface area contributed by atoms with E-state index in [0.717, 1.165) is 38.5 Å². The quantitative estimate of drug-likeness (QED) is 0.0873. The van der Waals surface area contributed by atoms with Crippen LogP contribution in [0.3, 0.4) is 0 Å². The van der Waals surface area contributed by atoms with E-state index in [1.807, 2.05) is 13.8 Å². The molecule has 0 amide bonds. The molecule has 0 spiro atoms. The molecule has 0 aromatic carbocycles. The molecule has 24 unspecified atom stereocenters. The van der Waals surface area contributed by atoms with Crippen molar-refractivity contribution >= 4 is 12.3 Å². The Morgan fingerprint density at radius 2 is 1.35 bits per heavy atom. The largest absolute Gasteiger partial charge is 0.479 e. The lowest BCUT2D eigenvalue weighted by atomic mass is 9.33. The Bertz CT molecular complexity index is 1840. The van der Waals surface area contributed by atoms with Gasteiger partial charge in [-0.15, -0.1) is 0 Å². The van der Waals surface area contributed by atoms with Crippen molar-refractivity contribution in [1.82, 2.24) is 0 Å². The molecule has 5 aliphatic carbocycles. The number of carboxylic acid groups (broad SMARTS) is 1. The summed E-state index contributed by atoms with van der Waals surface area (Å²) in [5.41, 5.74) is -0.733. The Labute approximate surface area is 386 Å². The van der Waals surface area contributed by atoms with E-state index in [9.17, 15) is 60.7 Å². The van der Waals surface area contributed by atoms with Crippen LogP contribution in [0.1, 0.15) is 113 Å². The van der Waals surface area contributed by atoms with Gasteiger partial charge in [0.15, 0.2) is 25.0 Å². The average molecular weight is 941 g/mol. The molecule has 3 heterocycles. The summed E-state index contributed by atoms with van der Waals surface area (Å²) in [5, 5.41) is 108. The first-order valence-electron chi connectivity index (χ1n) is 24.1. The van der Waals surface area contributed by atoms with E-state index in [4.69, 9.17) is 28.4 Å². The molecule has 66 heavy (non-hydrogen) atoms. The lowest BCUT2D eigenvalue weighted by molar-refractivity contribution is -0.395. The lowest BCUT2D eigenvalue weighted by Crippen LogP contribution is -2.68. The van der Waals surface area contributed by atoms with Gasteiger partial charge in [0.2, 0.25) is 0 Å². The smallest absolute Gasteiger partial charge is 0.335 e. The van der Waals surface area contributed by atoms with Crippen LogP contribution in [0.2, 0.25) is 0 Å². The highest BCUT2D eigenvalue weighted by Gasteiger charge is 2.70. The Balaban J connectivity index is 1.08. The number of aliphatic hydroxyl groups is 9. The number of carboxylic acids is 1. The van der Waals surface area contributed by atoms with Gasteiger partial charge in [-0.2, -0.15) is 0 Å². The molecule has 0 bridgehead atoms. The number of hydrogen-bond donors (Lipinski definition) is 10. The molecule has 8 rings (SSSR count). The van der Waals surface area contributed by atoms with E-state index in [-0.39, 0.29) is 39.4 Å². The number of rotatable bonds is 9. The summed E-state index contributed by atoms with van der Waals surface area (Å²) in [6, 6.07) is 0. The maximum absolute atomic E-state index is 14.0. The van der Waals surface area contributed by atoms with Gasteiger partial charge in [0.05, 0.1) is 24.9 Å². The zero-order valence-electron chi connectivity index (χ0n) is 39.5. The molecule has 3 aliphatic heterocycles. The molecule has 0 aromatic heterocycles. The van der Waals surface area contributed by atoms with Crippen molar-refractivity contribution in [3.63, 3.8) is 0 Å². The maximum atomic E-state index is 14.0. The summed E-state index contributed by atoms with van der Waals surface area (Å²) in [6.45, 7) is 16.1. The van der Waals surface area contributed by atoms with Crippen LogP contribution in [0.4, 0.5) is 0 Å². The minimum absolute atomic E-state index is 0.00265. The molecular formula is C48H76O18. The highest BCUT2D eigenvalue weighted by Crippen LogP contribution is 2.75. The zero-order chi connectivity index (χ0) is 48.4. The monoisotopic (exact) mass is 941 g/mol. The van der Waals surface area contributed by atoms with Crippen LogP contribution in [-0.2, 0) is 38.0 Å². The number of aldehydes is 1. The van der Waals surface area contributed by atoms with Gasteiger partial charge in [0, 0.05) is 10.8 Å². The normalized spacial score (nSPS) is 54.4. The molecule has 18 nitrogen and oxygen atoms in total. The molecule has 18 heteroatoms. The molecule has 0 radical (unpaired) electrons. The summed E-state index contributed by atoms with van der Waals surface area (Å²) < 4.78 is 36.2. The van der Waals surface area contributed by atoms with E-state index in [1.165, 1.54) is 18.8 Å². The van der Waals surface area contributed by atoms with Gasteiger partial charge < -0.3 is 84.3 Å². The zero-order valence-corrected chi connectivity index (χ0v) is 39.5. The predicted octanol–water partition coefficient (Wildman–Crippen LogP) is 0.911. The summed E-state index contributed by atoms with van der Waals surface area (Å²) in [6.07, 6.45) is -17.1. The molecule has 10 N–H and O–H groups in total. The third-order valence-electron chi connectivity index (χ3n) is 19.2. The molecule has 0 aromatic rings. The molecule has 24 atom stereocenters. The third-order valence-corrected chi connectivity index (χ3v) is 19.2. The SMILES string of the molecule is CC1OC(OC2C(OC3C(OC4CCC5(C=O)C(CCC6(C)C5CC=C5C7CC(C)(C)CC(O)C7(C)CCC56C)C4(C)C)OC(C(=O)O)C(O)C3O)OC(CO)C(O)C2O)C(O)C(O)C1O. The van der Waals surface area contributed by atoms with Crippen LogP contribution < -0.4 is 0 Å². The van der Waals surface area contributed by atoms with Gasteiger partial charge >= 0.3 is 5.97 Å². The number of aliphatic carboxylic acids is 1. The number of carbonyl (C=O) groups excluding carboxylic acids is 1. The number of aliphatic hydroxyl groups excluding tert-OH is 9. The highest BCUT2D eigenvalue weighted by atomic mass is 16.8. The second-order valence-electron chi connectivity index (χ2n) is 23.5. The highest BCUT2D eigenvalue weighted by molar-refractivity contribution is 5.73. The molecule has 4 saturated carbocycles. The topological polar surface area (TPSA) is 292 Å². The van der Waals surface area contributed by atoms with Gasteiger partial charge in [0.25, 0.3) is 0 Å². The van der Waals surface area contributed by atoms with Crippen molar-refractivity contribution < 1.29 is 89.1 Å². The summed E-state index contributed by atoms with van der Waals surface area (Å²) in [7, 11) is 0. The van der Waals surface area contributed by atoms with Crippen LogP contribution in [0.25, 0.3) is 0 Å². The van der Waals surface area contributed by atoms with Crippen molar-refractivity contribution in [2.45, 2.75) is 218 Å². The fraction of sp³-hybridized carbons (Fsp3) is 0.917. The van der Waals surface area contributed by atoms with Gasteiger partial charge in [-0.25, -0.2) is 4.79 Å². The molecule has 7 fully saturated rings. The number of hydrogen-bond acceptors (Lipinski definition) is 17. The van der Waals surface area contributed by atoms with Crippen LogP contribution in [0, 0.1) is 50.2 Å². The van der Waals surface area contributed by atoms with E-state index >= 15 is 0 Å². The minimum atomic E-state index is -2.07. The van der Waals surface area contributed by atoms with Gasteiger partial charge in [0.1, 0.15) is 67.3 Å². The fourth-order valence-corrected chi connectivity index (χ4v) is 14.9. The Hall–Kier alpha value is -1.72. The number of fused-ring (bicyclic) bond motifs is 7. The lowest BCUT2D eigenvalue weighted by Gasteiger charge is -2.71. The Morgan fingerprint density at radius 1 is 0.712 bits per heavy atom.